The summed E-state index contributed by atoms with van der Waals surface area (Å²) in [5.41, 5.74) is 4.61. The van der Waals surface area contributed by atoms with Crippen LogP contribution in [0, 0.1) is 17.2 Å². The lowest BCUT2D eigenvalue weighted by Crippen LogP contribution is -2.54. The van der Waals surface area contributed by atoms with Crippen molar-refractivity contribution in [2.75, 3.05) is 11.9 Å². The van der Waals surface area contributed by atoms with E-state index in [1.807, 2.05) is 24.5 Å². The van der Waals surface area contributed by atoms with Crippen LogP contribution in [-0.4, -0.2) is 62.8 Å². The minimum atomic E-state index is -0.972. The minimum Gasteiger partial charge on any atom is -0.388 e. The largest absolute Gasteiger partial charge is 0.388 e. The number of pyridine rings is 1. The highest BCUT2D eigenvalue weighted by Gasteiger charge is 2.44. The number of aromatic amines is 1. The molecule has 2 saturated carbocycles. The van der Waals surface area contributed by atoms with Gasteiger partial charge in [0.05, 0.1) is 16.8 Å². The van der Waals surface area contributed by atoms with Crippen molar-refractivity contribution in [1.29, 1.82) is 5.41 Å². The molecule has 2 aliphatic heterocycles. The molecule has 0 radical (unpaired) electrons. The van der Waals surface area contributed by atoms with E-state index in [2.05, 4.69) is 25.9 Å². The van der Waals surface area contributed by atoms with Crippen molar-refractivity contribution < 1.29 is 19.2 Å². The Hall–Kier alpha value is -4.80. The van der Waals surface area contributed by atoms with Gasteiger partial charge >= 0.3 is 0 Å². The fourth-order valence-electron chi connectivity index (χ4n) is 6.15. The SMILES string of the molecule is N=C(/C(=C\NC1CC(CNc2ccc3c(c2)C(=O)N(C2CCC(=O)NC2=O)C3=O)C1)c1nccc2[nH]ccc12)C1CC1. The lowest BCUT2D eigenvalue weighted by molar-refractivity contribution is -0.136. The Balaban J connectivity index is 0.964. The Morgan fingerprint density at radius 2 is 1.86 bits per heavy atom. The molecular weight excluding hydrogens is 534 g/mol. The summed E-state index contributed by atoms with van der Waals surface area (Å²) in [6.45, 7) is 0.717. The fraction of sp³-hybridized carbons (Fsp3) is 0.355. The minimum absolute atomic E-state index is 0.0912. The monoisotopic (exact) mass is 565 g/mol. The molecule has 2 aromatic heterocycles. The van der Waals surface area contributed by atoms with Crippen molar-refractivity contribution in [2.24, 2.45) is 11.8 Å². The number of fused-ring (bicyclic) bond motifs is 2. The number of amides is 4. The topological polar surface area (TPSA) is 160 Å². The molecule has 5 N–H and O–H groups in total. The summed E-state index contributed by atoms with van der Waals surface area (Å²) in [5.74, 6) is -1.29. The second-order valence-corrected chi connectivity index (χ2v) is 11.6. The first-order chi connectivity index (χ1) is 20.4. The van der Waals surface area contributed by atoms with E-state index in [9.17, 15) is 19.2 Å². The van der Waals surface area contributed by atoms with Crippen LogP contribution in [0.2, 0.25) is 0 Å². The molecule has 214 valence electrons. The van der Waals surface area contributed by atoms with Crippen molar-refractivity contribution >= 4 is 51.5 Å². The van der Waals surface area contributed by atoms with Crippen LogP contribution >= 0.6 is 0 Å². The van der Waals surface area contributed by atoms with E-state index >= 15 is 0 Å². The Labute approximate surface area is 241 Å². The Morgan fingerprint density at radius 1 is 1.05 bits per heavy atom. The van der Waals surface area contributed by atoms with E-state index in [0.717, 1.165) is 58.4 Å². The van der Waals surface area contributed by atoms with Crippen LogP contribution in [0.15, 0.2) is 48.9 Å². The van der Waals surface area contributed by atoms with Gasteiger partial charge in [-0.3, -0.25) is 34.4 Å². The van der Waals surface area contributed by atoms with Gasteiger partial charge in [-0.25, -0.2) is 0 Å². The molecule has 0 spiro atoms. The lowest BCUT2D eigenvalue weighted by Gasteiger charge is -2.36. The summed E-state index contributed by atoms with van der Waals surface area (Å²) in [4.78, 5) is 58.6. The maximum absolute atomic E-state index is 13.1. The van der Waals surface area contributed by atoms with E-state index in [-0.39, 0.29) is 24.0 Å². The number of hydrogen-bond acceptors (Lipinski definition) is 8. The summed E-state index contributed by atoms with van der Waals surface area (Å²) < 4.78 is 0. The average Bonchev–Trinajstić information content (AvgIpc) is 3.65. The zero-order valence-electron chi connectivity index (χ0n) is 22.9. The first-order valence-electron chi connectivity index (χ1n) is 14.4. The zero-order chi connectivity index (χ0) is 29.0. The molecule has 7 rings (SSSR count). The number of nitrogens with zero attached hydrogens (tertiary/aromatic N) is 2. The van der Waals surface area contributed by atoms with Crippen molar-refractivity contribution in [1.82, 2.24) is 25.5 Å². The quantitative estimate of drug-likeness (QED) is 0.197. The van der Waals surface area contributed by atoms with Crippen LogP contribution in [0.25, 0.3) is 16.5 Å². The predicted octanol–water partition coefficient (Wildman–Crippen LogP) is 3.22. The van der Waals surface area contributed by atoms with Gasteiger partial charge in [-0.2, -0.15) is 0 Å². The van der Waals surface area contributed by atoms with Gasteiger partial charge < -0.3 is 21.0 Å². The lowest BCUT2D eigenvalue weighted by atomic mass is 9.80. The number of rotatable bonds is 9. The zero-order valence-corrected chi connectivity index (χ0v) is 22.9. The number of aromatic nitrogens is 2. The van der Waals surface area contributed by atoms with Crippen LogP contribution < -0.4 is 16.0 Å². The number of imide groups is 2. The number of carbonyl (C=O) groups is 4. The molecule has 2 aliphatic carbocycles. The number of nitrogens with one attached hydrogen (secondary N) is 5. The third-order valence-electron chi connectivity index (χ3n) is 8.74. The molecule has 42 heavy (non-hydrogen) atoms. The molecule has 1 saturated heterocycles. The normalized spacial score (nSPS) is 24.0. The van der Waals surface area contributed by atoms with Crippen LogP contribution in [0.1, 0.15) is 64.9 Å². The maximum atomic E-state index is 13.1. The first kappa shape index (κ1) is 26.1. The molecule has 3 aromatic rings. The first-order valence-corrected chi connectivity index (χ1v) is 14.4. The number of hydrogen-bond donors (Lipinski definition) is 5. The smallest absolute Gasteiger partial charge is 0.262 e. The molecule has 1 atom stereocenters. The van der Waals surface area contributed by atoms with E-state index in [0.29, 0.717) is 30.1 Å². The Morgan fingerprint density at radius 3 is 2.64 bits per heavy atom. The van der Waals surface area contributed by atoms with Gasteiger partial charge in [0.1, 0.15) is 6.04 Å². The van der Waals surface area contributed by atoms with E-state index in [1.165, 1.54) is 0 Å². The van der Waals surface area contributed by atoms with Crippen LogP contribution in [-0.2, 0) is 9.59 Å². The molecule has 4 aliphatic rings. The summed E-state index contributed by atoms with van der Waals surface area (Å²) in [6, 6.07) is 8.34. The third kappa shape index (κ3) is 4.64. The molecule has 11 heteroatoms. The fourth-order valence-corrected chi connectivity index (χ4v) is 6.15. The highest BCUT2D eigenvalue weighted by Crippen LogP contribution is 2.37. The van der Waals surface area contributed by atoms with Crippen molar-refractivity contribution in [3.8, 4) is 0 Å². The Bertz CT molecular complexity index is 1680. The second kappa shape index (κ2) is 10.2. The summed E-state index contributed by atoms with van der Waals surface area (Å²) in [5, 5.41) is 18.9. The molecule has 3 fully saturated rings. The predicted molar refractivity (Wildman–Crippen MR) is 156 cm³/mol. The number of benzene rings is 1. The van der Waals surface area contributed by atoms with E-state index in [1.54, 1.807) is 24.4 Å². The number of anilines is 1. The van der Waals surface area contributed by atoms with Gasteiger partial charge in [-0.05, 0) is 68.4 Å². The summed E-state index contributed by atoms with van der Waals surface area (Å²) in [6.07, 6.45) is 9.89. The molecule has 4 heterocycles. The van der Waals surface area contributed by atoms with E-state index in [4.69, 9.17) is 5.41 Å². The molecule has 11 nitrogen and oxygen atoms in total. The van der Waals surface area contributed by atoms with Crippen LogP contribution in [0.3, 0.4) is 0 Å². The van der Waals surface area contributed by atoms with E-state index < -0.39 is 29.7 Å². The number of H-pyrrole nitrogens is 1. The maximum Gasteiger partial charge on any atom is 0.262 e. The Kier molecular flexibility index (Phi) is 6.37. The van der Waals surface area contributed by atoms with Gasteiger partial charge in [0.2, 0.25) is 11.8 Å². The molecule has 4 amide bonds. The molecule has 1 unspecified atom stereocenters. The van der Waals surface area contributed by atoms with Crippen LogP contribution in [0.5, 0.6) is 0 Å². The van der Waals surface area contributed by atoms with Gasteiger partial charge in [-0.1, -0.05) is 0 Å². The summed E-state index contributed by atoms with van der Waals surface area (Å²) >= 11 is 0. The second-order valence-electron chi connectivity index (χ2n) is 11.6. The average molecular weight is 566 g/mol. The highest BCUT2D eigenvalue weighted by atomic mass is 16.2. The standard InChI is InChI=1S/C31H31N7O4/c32-27(17-1-2-17)23(28-21-7-9-33-24(21)8-10-34-28)15-36-19-11-16(12-19)14-35-18-3-4-20-22(13-18)31(42)38(30(20)41)25-5-6-26(39)37-29(25)40/h3-4,7-10,13,15-17,19,25,32-33,35-36H,1-2,5-6,11-12,14H2,(H,37,39,40)/b23-15+,32-27?. The van der Waals surface area contributed by atoms with Crippen molar-refractivity contribution in [3.05, 3.63) is 65.7 Å². The number of piperidine rings is 1. The van der Waals surface area contributed by atoms with Gasteiger partial charge in [0.15, 0.2) is 0 Å². The van der Waals surface area contributed by atoms with Crippen LogP contribution in [0.4, 0.5) is 5.69 Å². The van der Waals surface area contributed by atoms with Crippen molar-refractivity contribution in [3.63, 3.8) is 0 Å². The van der Waals surface area contributed by atoms with Gasteiger partial charge in [0, 0.05) is 71.4 Å². The van der Waals surface area contributed by atoms with Gasteiger partial charge in [0.25, 0.3) is 11.8 Å². The summed E-state index contributed by atoms with van der Waals surface area (Å²) in [7, 11) is 0. The third-order valence-corrected chi connectivity index (χ3v) is 8.74. The van der Waals surface area contributed by atoms with Gasteiger partial charge in [-0.15, -0.1) is 0 Å². The molecular formula is C31H31N7O4. The number of carbonyl (C=O) groups excluding carboxylic acids is 4. The molecule has 1 aromatic carbocycles. The molecule has 0 bridgehead atoms. The highest BCUT2D eigenvalue weighted by molar-refractivity contribution is 6.26. The van der Waals surface area contributed by atoms with Crippen molar-refractivity contribution in [2.45, 2.75) is 50.6 Å². The number of allylic oxidation sites excluding steroid dienone is 1.